The van der Waals surface area contributed by atoms with E-state index in [1.165, 1.54) is 6.20 Å². The highest BCUT2D eigenvalue weighted by Gasteiger charge is 2.00. The number of anilines is 1. The summed E-state index contributed by atoms with van der Waals surface area (Å²) in [5.74, 6) is 0.879. The van der Waals surface area contributed by atoms with Gasteiger partial charge in [-0.2, -0.15) is 5.10 Å². The van der Waals surface area contributed by atoms with Crippen molar-refractivity contribution in [1.82, 2.24) is 20.2 Å². The van der Waals surface area contributed by atoms with Crippen LogP contribution >= 0.6 is 0 Å². The van der Waals surface area contributed by atoms with Gasteiger partial charge >= 0.3 is 0 Å². The topological polar surface area (TPSA) is 77.6 Å². The first-order chi connectivity index (χ1) is 6.36. The first kappa shape index (κ1) is 7.60. The molecule has 0 unspecified atom stereocenters. The summed E-state index contributed by atoms with van der Waals surface area (Å²) < 4.78 is 0. The molecule has 0 fully saturated rings. The highest BCUT2D eigenvalue weighted by atomic mass is 15.2. The van der Waals surface area contributed by atoms with Crippen LogP contribution in [0.3, 0.4) is 0 Å². The maximum absolute atomic E-state index is 5.47. The number of pyridine rings is 1. The van der Waals surface area contributed by atoms with Crippen LogP contribution in [0.2, 0.25) is 0 Å². The molecule has 2 N–H and O–H groups in total. The molecular formula is C8H7N5. The van der Waals surface area contributed by atoms with E-state index in [9.17, 15) is 0 Å². The molecule has 0 aliphatic heterocycles. The third-order valence-corrected chi connectivity index (χ3v) is 1.52. The molecular weight excluding hydrogens is 166 g/mol. The van der Waals surface area contributed by atoms with Crippen molar-refractivity contribution < 1.29 is 0 Å². The lowest BCUT2D eigenvalue weighted by molar-refractivity contribution is 0.986. The molecule has 0 spiro atoms. The second-order valence-electron chi connectivity index (χ2n) is 2.44. The molecule has 0 saturated heterocycles. The Bertz CT molecular complexity index is 400. The molecule has 0 aliphatic carbocycles. The summed E-state index contributed by atoms with van der Waals surface area (Å²) in [5, 5.41) is 7.54. The zero-order chi connectivity index (χ0) is 9.10. The van der Waals surface area contributed by atoms with Gasteiger partial charge < -0.3 is 5.73 Å². The fraction of sp³-hybridized carbons (Fsp3) is 0. The van der Waals surface area contributed by atoms with Gasteiger partial charge in [0.1, 0.15) is 5.82 Å². The first-order valence-corrected chi connectivity index (χ1v) is 3.72. The molecule has 5 heteroatoms. The maximum atomic E-state index is 5.47. The molecule has 0 bridgehead atoms. The average molecular weight is 173 g/mol. The minimum absolute atomic E-state index is 0.363. The standard InChI is InChI=1S/C8H7N5/c9-7-5-11-13-8(12-7)6-1-3-10-4-2-6/h1-5H,(H2,9,12,13). The molecule has 13 heavy (non-hydrogen) atoms. The maximum Gasteiger partial charge on any atom is 0.183 e. The van der Waals surface area contributed by atoms with E-state index in [0.29, 0.717) is 11.6 Å². The fourth-order valence-corrected chi connectivity index (χ4v) is 0.939. The fourth-order valence-electron chi connectivity index (χ4n) is 0.939. The van der Waals surface area contributed by atoms with Gasteiger partial charge in [-0.1, -0.05) is 0 Å². The van der Waals surface area contributed by atoms with Gasteiger partial charge in [0, 0.05) is 18.0 Å². The van der Waals surface area contributed by atoms with Crippen molar-refractivity contribution in [2.45, 2.75) is 0 Å². The van der Waals surface area contributed by atoms with E-state index >= 15 is 0 Å². The predicted octanol–water partition coefficient (Wildman–Crippen LogP) is 0.516. The smallest absolute Gasteiger partial charge is 0.183 e. The number of hydrogen-bond acceptors (Lipinski definition) is 5. The Morgan fingerprint density at radius 2 is 1.92 bits per heavy atom. The quantitative estimate of drug-likeness (QED) is 0.680. The van der Waals surface area contributed by atoms with E-state index in [-0.39, 0.29) is 0 Å². The van der Waals surface area contributed by atoms with Crippen LogP contribution < -0.4 is 5.73 Å². The van der Waals surface area contributed by atoms with Crippen molar-refractivity contribution in [1.29, 1.82) is 0 Å². The summed E-state index contributed by atoms with van der Waals surface area (Å²) in [6.45, 7) is 0. The molecule has 0 aromatic carbocycles. The van der Waals surface area contributed by atoms with Crippen molar-refractivity contribution in [2.24, 2.45) is 0 Å². The molecule has 64 valence electrons. The molecule has 5 nitrogen and oxygen atoms in total. The van der Waals surface area contributed by atoms with Gasteiger partial charge in [0.25, 0.3) is 0 Å². The van der Waals surface area contributed by atoms with E-state index in [0.717, 1.165) is 5.56 Å². The molecule has 0 aliphatic rings. The summed E-state index contributed by atoms with van der Waals surface area (Å²) in [5.41, 5.74) is 6.32. The van der Waals surface area contributed by atoms with Gasteiger partial charge in [0.2, 0.25) is 0 Å². The lowest BCUT2D eigenvalue weighted by Gasteiger charge is -1.97. The van der Waals surface area contributed by atoms with Gasteiger partial charge in [0.05, 0.1) is 6.20 Å². The Balaban J connectivity index is 2.48. The molecule has 0 saturated carbocycles. The monoisotopic (exact) mass is 173 g/mol. The van der Waals surface area contributed by atoms with Crippen LogP contribution in [0.4, 0.5) is 5.82 Å². The van der Waals surface area contributed by atoms with Crippen molar-refractivity contribution in [3.63, 3.8) is 0 Å². The molecule has 0 amide bonds. The summed E-state index contributed by atoms with van der Waals surface area (Å²) in [7, 11) is 0. The third-order valence-electron chi connectivity index (χ3n) is 1.52. The van der Waals surface area contributed by atoms with Crippen LogP contribution in [-0.4, -0.2) is 20.2 Å². The second kappa shape index (κ2) is 3.14. The zero-order valence-corrected chi connectivity index (χ0v) is 6.75. The van der Waals surface area contributed by atoms with Gasteiger partial charge in [-0.25, -0.2) is 4.98 Å². The highest BCUT2D eigenvalue weighted by molar-refractivity contribution is 5.54. The average Bonchev–Trinajstić information content (AvgIpc) is 2.19. The third kappa shape index (κ3) is 1.58. The molecule has 2 aromatic heterocycles. The molecule has 2 rings (SSSR count). The minimum Gasteiger partial charge on any atom is -0.382 e. The van der Waals surface area contributed by atoms with E-state index < -0.39 is 0 Å². The number of rotatable bonds is 1. The lowest BCUT2D eigenvalue weighted by Crippen LogP contribution is -1.97. The number of nitrogens with zero attached hydrogens (tertiary/aromatic N) is 4. The van der Waals surface area contributed by atoms with E-state index in [4.69, 9.17) is 5.73 Å². The molecule has 2 aromatic rings. The van der Waals surface area contributed by atoms with E-state index in [1.807, 2.05) is 0 Å². The van der Waals surface area contributed by atoms with Gasteiger partial charge in [-0.05, 0) is 12.1 Å². The molecule has 2 heterocycles. The molecule has 0 radical (unpaired) electrons. The Hall–Kier alpha value is -2.04. The van der Waals surface area contributed by atoms with Crippen LogP contribution in [-0.2, 0) is 0 Å². The van der Waals surface area contributed by atoms with Crippen LogP contribution in [0.25, 0.3) is 11.4 Å². The number of nitrogens with two attached hydrogens (primary N) is 1. The van der Waals surface area contributed by atoms with Crippen molar-refractivity contribution in [2.75, 3.05) is 5.73 Å². The van der Waals surface area contributed by atoms with Crippen LogP contribution in [0.15, 0.2) is 30.7 Å². The van der Waals surface area contributed by atoms with Crippen molar-refractivity contribution in [3.05, 3.63) is 30.7 Å². The Kier molecular flexibility index (Phi) is 1.84. The summed E-state index contributed by atoms with van der Waals surface area (Å²) in [6.07, 6.45) is 4.74. The summed E-state index contributed by atoms with van der Waals surface area (Å²) in [6, 6.07) is 3.60. The van der Waals surface area contributed by atoms with Gasteiger partial charge in [-0.15, -0.1) is 5.10 Å². The first-order valence-electron chi connectivity index (χ1n) is 3.72. The Labute approximate surface area is 74.7 Å². The summed E-state index contributed by atoms with van der Waals surface area (Å²) in [4.78, 5) is 7.91. The number of hydrogen-bond donors (Lipinski definition) is 1. The second-order valence-corrected chi connectivity index (χ2v) is 2.44. The van der Waals surface area contributed by atoms with E-state index in [1.54, 1.807) is 24.5 Å². The van der Waals surface area contributed by atoms with Crippen molar-refractivity contribution in [3.8, 4) is 11.4 Å². The minimum atomic E-state index is 0.363. The van der Waals surface area contributed by atoms with Crippen LogP contribution in [0.5, 0.6) is 0 Å². The van der Waals surface area contributed by atoms with Gasteiger partial charge in [-0.3, -0.25) is 4.98 Å². The van der Waals surface area contributed by atoms with E-state index in [2.05, 4.69) is 20.2 Å². The largest absolute Gasteiger partial charge is 0.382 e. The number of nitrogen functional groups attached to an aromatic ring is 1. The normalized spacial score (nSPS) is 9.85. The lowest BCUT2D eigenvalue weighted by atomic mass is 10.2. The summed E-state index contributed by atoms with van der Waals surface area (Å²) >= 11 is 0. The Morgan fingerprint density at radius 3 is 2.62 bits per heavy atom. The number of aromatic nitrogens is 4. The molecule has 0 atom stereocenters. The zero-order valence-electron chi connectivity index (χ0n) is 6.75. The van der Waals surface area contributed by atoms with Gasteiger partial charge in [0.15, 0.2) is 5.82 Å². The Morgan fingerprint density at radius 1 is 1.15 bits per heavy atom. The van der Waals surface area contributed by atoms with Crippen molar-refractivity contribution >= 4 is 5.82 Å². The van der Waals surface area contributed by atoms with Crippen LogP contribution in [0.1, 0.15) is 0 Å². The SMILES string of the molecule is Nc1cnnc(-c2ccncc2)n1. The highest BCUT2D eigenvalue weighted by Crippen LogP contribution is 2.11. The predicted molar refractivity (Wildman–Crippen MR) is 47.5 cm³/mol. The van der Waals surface area contributed by atoms with Crippen LogP contribution in [0, 0.1) is 0 Å².